The van der Waals surface area contributed by atoms with Gasteiger partial charge in [-0.1, -0.05) is 0 Å². The van der Waals surface area contributed by atoms with Gasteiger partial charge in [-0.3, -0.25) is 5.10 Å². The van der Waals surface area contributed by atoms with Crippen LogP contribution in [0.25, 0.3) is 0 Å². The summed E-state index contributed by atoms with van der Waals surface area (Å²) in [6.07, 6.45) is -5.55. The van der Waals surface area contributed by atoms with Crippen LogP contribution in [0, 0.1) is 0 Å². The molecule has 0 saturated heterocycles. The van der Waals surface area contributed by atoms with Crippen molar-refractivity contribution in [2.75, 3.05) is 0 Å². The predicted molar refractivity (Wildman–Crippen MR) is 40.6 cm³/mol. The molecular weight excluding hydrogens is 238 g/mol. The number of H-pyrrole nitrogens is 1. The summed E-state index contributed by atoms with van der Waals surface area (Å²) in [5.74, 6) is -7.24. The van der Waals surface area contributed by atoms with Crippen molar-refractivity contribution >= 4 is 0 Å². The van der Waals surface area contributed by atoms with Crippen LogP contribution in [-0.2, 0) is 11.8 Å². The first-order valence-electron chi connectivity index (χ1n) is 4.39. The average Bonchev–Trinajstić information content (AvgIpc) is 2.59. The monoisotopic (exact) mass is 244 g/mol. The molecule has 0 unspecified atom stereocenters. The van der Waals surface area contributed by atoms with Crippen molar-refractivity contribution in [3.05, 3.63) is 17.0 Å². The van der Waals surface area contributed by atoms with Crippen LogP contribution in [0.3, 0.4) is 0 Å². The average molecular weight is 244 g/mol. The number of nitrogens with zero attached hydrogens (tertiary/aromatic N) is 1. The number of aromatic amines is 1. The van der Waals surface area contributed by atoms with E-state index in [1.807, 2.05) is 0 Å². The lowest BCUT2D eigenvalue weighted by Gasteiger charge is -2.28. The van der Waals surface area contributed by atoms with Gasteiger partial charge in [0.15, 0.2) is 0 Å². The van der Waals surface area contributed by atoms with Crippen molar-refractivity contribution < 1.29 is 26.3 Å². The van der Waals surface area contributed by atoms with E-state index in [1.54, 1.807) is 5.10 Å². The summed E-state index contributed by atoms with van der Waals surface area (Å²) in [5.41, 5.74) is -3.84. The summed E-state index contributed by atoms with van der Waals surface area (Å²) in [6, 6.07) is 0. The zero-order chi connectivity index (χ0) is 12.1. The smallest absolute Gasteiger partial charge is 0.275 e. The molecule has 0 saturated carbocycles. The number of halogens is 6. The van der Waals surface area contributed by atoms with Gasteiger partial charge in [-0.25, -0.2) is 17.6 Å². The van der Waals surface area contributed by atoms with Gasteiger partial charge in [-0.05, 0) is 0 Å². The summed E-state index contributed by atoms with van der Waals surface area (Å²) in [7, 11) is 0. The van der Waals surface area contributed by atoms with Gasteiger partial charge >= 0.3 is 0 Å². The quantitative estimate of drug-likeness (QED) is 0.754. The Kier molecular flexibility index (Phi) is 2.22. The number of nitrogens with one attached hydrogen (secondary N) is 1. The van der Waals surface area contributed by atoms with Gasteiger partial charge in [0.05, 0.1) is 5.56 Å². The van der Waals surface area contributed by atoms with Crippen molar-refractivity contribution in [3.63, 3.8) is 0 Å². The lowest BCUT2D eigenvalue weighted by molar-refractivity contribution is -0.0990. The molecule has 2 nitrogen and oxygen atoms in total. The second-order valence-electron chi connectivity index (χ2n) is 3.57. The minimum absolute atomic E-state index is 1.09. The van der Waals surface area contributed by atoms with Crippen molar-refractivity contribution in [2.45, 2.75) is 31.1 Å². The van der Waals surface area contributed by atoms with Gasteiger partial charge in [0.25, 0.3) is 18.3 Å². The Labute approximate surface area is 85.6 Å². The number of hydrogen-bond donors (Lipinski definition) is 1. The van der Waals surface area contributed by atoms with Crippen molar-refractivity contribution in [2.24, 2.45) is 0 Å². The van der Waals surface area contributed by atoms with E-state index in [0.717, 1.165) is 0 Å². The van der Waals surface area contributed by atoms with Gasteiger partial charge < -0.3 is 0 Å². The highest BCUT2D eigenvalue weighted by molar-refractivity contribution is 5.36. The van der Waals surface area contributed by atoms with Crippen molar-refractivity contribution in [3.8, 4) is 0 Å². The van der Waals surface area contributed by atoms with Crippen LogP contribution >= 0.6 is 0 Å². The van der Waals surface area contributed by atoms with Crippen LogP contribution in [0.15, 0.2) is 0 Å². The molecule has 1 aliphatic rings. The largest absolute Gasteiger partial charge is 0.289 e. The summed E-state index contributed by atoms with van der Waals surface area (Å²) in [4.78, 5) is 0. The van der Waals surface area contributed by atoms with Gasteiger partial charge in [-0.15, -0.1) is 0 Å². The molecule has 0 aromatic carbocycles. The van der Waals surface area contributed by atoms with E-state index in [1.165, 1.54) is 0 Å². The summed E-state index contributed by atoms with van der Waals surface area (Å²) in [6.45, 7) is 0. The summed E-state index contributed by atoms with van der Waals surface area (Å²) >= 11 is 0. The number of rotatable bonds is 1. The van der Waals surface area contributed by atoms with Gasteiger partial charge in [0.2, 0.25) is 0 Å². The molecule has 1 aliphatic carbocycles. The highest BCUT2D eigenvalue weighted by Crippen LogP contribution is 2.51. The fourth-order valence-electron chi connectivity index (χ4n) is 1.71. The Morgan fingerprint density at radius 1 is 1.06 bits per heavy atom. The molecule has 2 rings (SSSR count). The number of hydrogen-bond acceptors (Lipinski definition) is 1. The molecule has 0 radical (unpaired) electrons. The zero-order valence-electron chi connectivity index (χ0n) is 7.71. The van der Waals surface area contributed by atoms with Gasteiger partial charge in [0.1, 0.15) is 11.4 Å². The van der Waals surface area contributed by atoms with E-state index in [9.17, 15) is 26.3 Å². The lowest BCUT2D eigenvalue weighted by atomic mass is 9.89. The first-order chi connectivity index (χ1) is 7.26. The lowest BCUT2D eigenvalue weighted by Crippen LogP contribution is -2.30. The molecular formula is C8H6F6N2. The van der Waals surface area contributed by atoms with Gasteiger partial charge in [0, 0.05) is 12.8 Å². The molecule has 0 fully saturated rings. The maximum atomic E-state index is 13.3. The highest BCUT2D eigenvalue weighted by Gasteiger charge is 2.53. The third-order valence-electron chi connectivity index (χ3n) is 2.49. The Morgan fingerprint density at radius 3 is 2.19 bits per heavy atom. The normalized spacial score (nSPS) is 22.2. The fraction of sp³-hybridized carbons (Fsp3) is 0.625. The Hall–Kier alpha value is -1.21. The van der Waals surface area contributed by atoms with Gasteiger partial charge in [-0.2, -0.15) is 13.9 Å². The van der Waals surface area contributed by atoms with E-state index in [-0.39, 0.29) is 0 Å². The van der Waals surface area contributed by atoms with E-state index in [2.05, 4.69) is 5.10 Å². The Bertz CT molecular complexity index is 411. The third-order valence-corrected chi connectivity index (χ3v) is 2.49. The minimum Gasteiger partial charge on any atom is -0.275 e. The Morgan fingerprint density at radius 2 is 1.62 bits per heavy atom. The molecule has 0 atom stereocenters. The molecule has 0 spiro atoms. The van der Waals surface area contributed by atoms with Crippen LogP contribution in [0.5, 0.6) is 0 Å². The molecule has 1 aromatic heterocycles. The Balaban J connectivity index is 2.63. The number of aromatic nitrogens is 2. The standard InChI is InChI=1S/C8H6F6N2/c9-6(10)4-3-5(16-15-4)8(13,14)2-1-7(3,11)12/h6H,1-2H2,(H,15,16). The van der Waals surface area contributed by atoms with Crippen molar-refractivity contribution in [1.29, 1.82) is 0 Å². The maximum absolute atomic E-state index is 13.3. The molecule has 0 bridgehead atoms. The number of alkyl halides is 6. The summed E-state index contributed by atoms with van der Waals surface area (Å²) in [5, 5.41) is 4.45. The van der Waals surface area contributed by atoms with Crippen LogP contribution in [0.2, 0.25) is 0 Å². The first-order valence-corrected chi connectivity index (χ1v) is 4.39. The highest BCUT2D eigenvalue weighted by atomic mass is 19.3. The van der Waals surface area contributed by atoms with E-state index < -0.39 is 48.1 Å². The van der Waals surface area contributed by atoms with Crippen LogP contribution in [0.1, 0.15) is 36.2 Å². The van der Waals surface area contributed by atoms with E-state index in [0.29, 0.717) is 0 Å². The number of fused-ring (bicyclic) bond motifs is 1. The van der Waals surface area contributed by atoms with Crippen molar-refractivity contribution in [1.82, 2.24) is 10.2 Å². The summed E-state index contributed by atoms with van der Waals surface area (Å²) < 4.78 is 77.5. The van der Waals surface area contributed by atoms with Crippen LogP contribution in [0.4, 0.5) is 26.3 Å². The molecule has 90 valence electrons. The maximum Gasteiger partial charge on any atom is 0.289 e. The first kappa shape index (κ1) is 11.3. The molecule has 8 heteroatoms. The second kappa shape index (κ2) is 3.14. The predicted octanol–water partition coefficient (Wildman–Crippen LogP) is 3.32. The molecule has 1 N–H and O–H groups in total. The topological polar surface area (TPSA) is 28.7 Å². The SMILES string of the molecule is FC(F)c1n[nH]c2c1C(F)(F)CCC2(F)F. The fourth-order valence-corrected chi connectivity index (χ4v) is 1.71. The van der Waals surface area contributed by atoms with Crippen LogP contribution in [-0.4, -0.2) is 10.2 Å². The van der Waals surface area contributed by atoms with E-state index in [4.69, 9.17) is 0 Å². The molecule has 1 aromatic rings. The molecule has 16 heavy (non-hydrogen) atoms. The molecule has 0 aliphatic heterocycles. The zero-order valence-corrected chi connectivity index (χ0v) is 7.71. The van der Waals surface area contributed by atoms with Crippen LogP contribution < -0.4 is 0 Å². The molecule has 1 heterocycles. The molecule has 0 amide bonds. The van der Waals surface area contributed by atoms with E-state index >= 15 is 0 Å². The minimum atomic E-state index is -3.68. The third kappa shape index (κ3) is 1.47. The second-order valence-corrected chi connectivity index (χ2v) is 3.57.